The zero-order valence-corrected chi connectivity index (χ0v) is 8.35. The Morgan fingerprint density at radius 2 is 2.07 bits per heavy atom. The summed E-state index contributed by atoms with van der Waals surface area (Å²) in [6, 6.07) is 2.66. The van der Waals surface area contributed by atoms with Crippen molar-refractivity contribution in [1.29, 1.82) is 0 Å². The second-order valence-corrected chi connectivity index (χ2v) is 3.39. The van der Waals surface area contributed by atoms with E-state index in [0.29, 0.717) is 0 Å². The molecule has 0 spiro atoms. The van der Waals surface area contributed by atoms with Gasteiger partial charge in [-0.05, 0) is 12.1 Å². The van der Waals surface area contributed by atoms with Crippen molar-refractivity contribution in [2.75, 3.05) is 0 Å². The topological polar surface area (TPSA) is 104 Å². The molecule has 5 nitrogen and oxygen atoms in total. The fourth-order valence-corrected chi connectivity index (χ4v) is 1.41. The van der Waals surface area contributed by atoms with Gasteiger partial charge in [-0.1, -0.05) is 17.7 Å². The maximum atomic E-state index is 10.5. The molecule has 1 aromatic carbocycles. The van der Waals surface area contributed by atoms with Gasteiger partial charge in [0.1, 0.15) is 17.9 Å². The highest BCUT2D eigenvalue weighted by Gasteiger charge is 2.27. The number of phenolic OH excluding ortho intramolecular Hbond substituents is 1. The van der Waals surface area contributed by atoms with Crippen molar-refractivity contribution in [2.45, 2.75) is 12.1 Å². The molecule has 0 bridgehead atoms. The van der Waals surface area contributed by atoms with Crippen LogP contribution in [0, 0.1) is 0 Å². The Morgan fingerprint density at radius 1 is 1.47 bits per heavy atom. The minimum atomic E-state index is -1.55. The van der Waals surface area contributed by atoms with Crippen LogP contribution in [0.2, 0.25) is 5.02 Å². The average molecular weight is 232 g/mol. The second-order valence-electron chi connectivity index (χ2n) is 2.98. The van der Waals surface area contributed by atoms with Gasteiger partial charge in [-0.3, -0.25) is 4.79 Å². The van der Waals surface area contributed by atoms with Crippen LogP contribution in [0.25, 0.3) is 0 Å². The average Bonchev–Trinajstić information content (AvgIpc) is 2.15. The van der Waals surface area contributed by atoms with Gasteiger partial charge < -0.3 is 21.1 Å². The van der Waals surface area contributed by atoms with E-state index in [2.05, 4.69) is 0 Å². The number of benzene rings is 1. The summed E-state index contributed by atoms with van der Waals surface area (Å²) in [6.45, 7) is 0. The molecule has 5 N–H and O–H groups in total. The Bertz CT molecular complexity index is 362. The van der Waals surface area contributed by atoms with Gasteiger partial charge >= 0.3 is 5.97 Å². The third-order valence-corrected chi connectivity index (χ3v) is 2.28. The van der Waals surface area contributed by atoms with Crippen LogP contribution >= 0.6 is 11.6 Å². The third kappa shape index (κ3) is 2.38. The molecular formula is C9H10ClNO4. The van der Waals surface area contributed by atoms with E-state index in [1.165, 1.54) is 18.2 Å². The molecule has 6 heteroatoms. The first-order chi connectivity index (χ1) is 6.95. The lowest BCUT2D eigenvalue weighted by Crippen LogP contribution is -2.36. The zero-order chi connectivity index (χ0) is 11.6. The Kier molecular flexibility index (Phi) is 3.52. The molecule has 0 saturated heterocycles. The molecule has 0 fully saturated rings. The minimum Gasteiger partial charge on any atom is -0.508 e. The van der Waals surface area contributed by atoms with E-state index in [9.17, 15) is 15.0 Å². The first kappa shape index (κ1) is 11.8. The van der Waals surface area contributed by atoms with E-state index >= 15 is 0 Å². The van der Waals surface area contributed by atoms with Gasteiger partial charge in [0.05, 0.1) is 5.02 Å². The molecule has 1 aromatic rings. The van der Waals surface area contributed by atoms with Crippen molar-refractivity contribution in [3.05, 3.63) is 28.8 Å². The number of hydrogen-bond acceptors (Lipinski definition) is 4. The van der Waals surface area contributed by atoms with Gasteiger partial charge in [-0.15, -0.1) is 0 Å². The van der Waals surface area contributed by atoms with Crippen LogP contribution in [0.4, 0.5) is 0 Å². The van der Waals surface area contributed by atoms with Gasteiger partial charge in [0.2, 0.25) is 0 Å². The monoisotopic (exact) mass is 231 g/mol. The second kappa shape index (κ2) is 4.48. The predicted octanol–water partition coefficient (Wildman–Crippen LogP) is 0.491. The number of carbonyl (C=O) groups is 1. The number of aliphatic hydroxyl groups excluding tert-OH is 1. The van der Waals surface area contributed by atoms with Crippen LogP contribution in [0.1, 0.15) is 11.7 Å². The van der Waals surface area contributed by atoms with Crippen molar-refractivity contribution < 1.29 is 20.1 Å². The molecule has 1 rings (SSSR count). The van der Waals surface area contributed by atoms with Crippen LogP contribution in [0.15, 0.2) is 18.2 Å². The van der Waals surface area contributed by atoms with E-state index in [0.717, 1.165) is 0 Å². The molecule has 0 aliphatic heterocycles. The number of aromatic hydroxyl groups is 1. The molecule has 2 atom stereocenters. The first-order valence-electron chi connectivity index (χ1n) is 4.09. The van der Waals surface area contributed by atoms with Crippen LogP contribution in [0.3, 0.4) is 0 Å². The van der Waals surface area contributed by atoms with Gasteiger partial charge in [0.15, 0.2) is 0 Å². The molecule has 0 amide bonds. The summed E-state index contributed by atoms with van der Waals surface area (Å²) < 4.78 is 0. The standard InChI is InChI=1S/C9H10ClNO4/c10-4-2-1-3-5(12)6(4)8(13)7(11)9(14)15/h1-3,7-8,12-13H,11H2,(H,14,15). The molecule has 15 heavy (non-hydrogen) atoms. The smallest absolute Gasteiger partial charge is 0.323 e. The van der Waals surface area contributed by atoms with Crippen molar-refractivity contribution in [2.24, 2.45) is 5.73 Å². The van der Waals surface area contributed by atoms with Gasteiger partial charge in [0.25, 0.3) is 0 Å². The van der Waals surface area contributed by atoms with Gasteiger partial charge in [-0.25, -0.2) is 0 Å². The number of rotatable bonds is 3. The lowest BCUT2D eigenvalue weighted by Gasteiger charge is -2.17. The number of nitrogens with two attached hydrogens (primary N) is 1. The predicted molar refractivity (Wildman–Crippen MR) is 53.7 cm³/mol. The molecule has 0 aromatic heterocycles. The number of phenols is 1. The molecule has 0 heterocycles. The highest BCUT2D eigenvalue weighted by atomic mass is 35.5. The number of carboxylic acid groups (broad SMARTS) is 1. The SMILES string of the molecule is NC(C(=O)O)C(O)c1c(O)cccc1Cl. The number of carboxylic acids is 1. The first-order valence-corrected chi connectivity index (χ1v) is 4.46. The van der Waals surface area contributed by atoms with E-state index in [1.54, 1.807) is 0 Å². The molecule has 2 unspecified atom stereocenters. The highest BCUT2D eigenvalue weighted by molar-refractivity contribution is 6.31. The normalized spacial score (nSPS) is 14.6. The minimum absolute atomic E-state index is 0.0687. The summed E-state index contributed by atoms with van der Waals surface area (Å²) in [7, 11) is 0. The van der Waals surface area contributed by atoms with Crippen molar-refractivity contribution in [1.82, 2.24) is 0 Å². The van der Waals surface area contributed by atoms with E-state index in [1.807, 2.05) is 0 Å². The summed E-state index contributed by atoms with van der Waals surface area (Å²) >= 11 is 5.70. The molecule has 82 valence electrons. The molecule has 0 aliphatic carbocycles. The number of hydrogen-bond donors (Lipinski definition) is 4. The van der Waals surface area contributed by atoms with Crippen LogP contribution in [-0.2, 0) is 4.79 Å². The van der Waals surface area contributed by atoms with Crippen molar-refractivity contribution in [3.8, 4) is 5.75 Å². The van der Waals surface area contributed by atoms with Gasteiger partial charge in [0, 0.05) is 5.56 Å². The quantitative estimate of drug-likeness (QED) is 0.606. The van der Waals surface area contributed by atoms with Crippen LogP contribution < -0.4 is 5.73 Å². The molecule has 0 saturated carbocycles. The molecule has 0 radical (unpaired) electrons. The summed E-state index contributed by atoms with van der Waals surface area (Å²) in [4.78, 5) is 10.5. The van der Waals surface area contributed by atoms with E-state index in [4.69, 9.17) is 22.4 Å². The Hall–Kier alpha value is -1.30. The maximum Gasteiger partial charge on any atom is 0.323 e. The highest BCUT2D eigenvalue weighted by Crippen LogP contribution is 2.32. The lowest BCUT2D eigenvalue weighted by atomic mass is 10.0. The van der Waals surface area contributed by atoms with Crippen LogP contribution in [-0.4, -0.2) is 27.3 Å². The van der Waals surface area contributed by atoms with Crippen molar-refractivity contribution >= 4 is 17.6 Å². The summed E-state index contributed by atoms with van der Waals surface area (Å²) in [5.74, 6) is -1.66. The third-order valence-electron chi connectivity index (χ3n) is 1.95. The largest absolute Gasteiger partial charge is 0.508 e. The molecular weight excluding hydrogens is 222 g/mol. The maximum absolute atomic E-state index is 10.5. The summed E-state index contributed by atoms with van der Waals surface area (Å²) in [5, 5.41) is 27.6. The van der Waals surface area contributed by atoms with Crippen LogP contribution in [0.5, 0.6) is 5.75 Å². The summed E-state index contributed by atoms with van der Waals surface area (Å²) in [5.41, 5.74) is 5.14. The zero-order valence-electron chi connectivity index (χ0n) is 7.59. The fraction of sp³-hybridized carbons (Fsp3) is 0.222. The number of halogens is 1. The van der Waals surface area contributed by atoms with Gasteiger partial charge in [-0.2, -0.15) is 0 Å². The fourth-order valence-electron chi connectivity index (χ4n) is 1.13. The Morgan fingerprint density at radius 3 is 2.53 bits per heavy atom. The molecule has 0 aliphatic rings. The summed E-state index contributed by atoms with van der Waals surface area (Å²) in [6.07, 6.45) is -1.55. The van der Waals surface area contributed by atoms with E-state index in [-0.39, 0.29) is 16.3 Å². The number of aliphatic hydroxyl groups is 1. The Labute approximate surface area is 90.7 Å². The lowest BCUT2D eigenvalue weighted by molar-refractivity contribution is -0.141. The number of aliphatic carboxylic acids is 1. The van der Waals surface area contributed by atoms with Crippen molar-refractivity contribution in [3.63, 3.8) is 0 Å². The van der Waals surface area contributed by atoms with E-state index < -0.39 is 18.1 Å². The Balaban J connectivity index is 3.10.